The van der Waals surface area contributed by atoms with Crippen molar-refractivity contribution in [2.24, 2.45) is 5.92 Å². The highest BCUT2D eigenvalue weighted by molar-refractivity contribution is 5.81. The van der Waals surface area contributed by atoms with E-state index in [0.717, 1.165) is 16.9 Å². The summed E-state index contributed by atoms with van der Waals surface area (Å²) in [5.74, 6) is 0.876. The number of rotatable bonds is 9. The van der Waals surface area contributed by atoms with Gasteiger partial charge in [-0.25, -0.2) is 9.59 Å². The largest absolute Gasteiger partial charge is 0.489 e. The number of hydrogen-bond acceptors (Lipinski definition) is 5. The molecule has 170 valence electrons. The maximum absolute atomic E-state index is 12.5. The number of benzene rings is 1. The summed E-state index contributed by atoms with van der Waals surface area (Å²) >= 11 is 0. The van der Waals surface area contributed by atoms with E-state index in [1.165, 1.54) is 0 Å². The molecule has 0 bridgehead atoms. The van der Waals surface area contributed by atoms with Crippen molar-refractivity contribution in [1.82, 2.24) is 5.32 Å². The first-order valence-corrected chi connectivity index (χ1v) is 10.7. The third kappa shape index (κ3) is 8.25. The van der Waals surface area contributed by atoms with E-state index < -0.39 is 23.7 Å². The second-order valence-electron chi connectivity index (χ2n) is 9.46. The minimum Gasteiger partial charge on any atom is -0.489 e. The summed E-state index contributed by atoms with van der Waals surface area (Å²) < 4.78 is 16.7. The Hall–Kier alpha value is -2.24. The van der Waals surface area contributed by atoms with E-state index in [2.05, 4.69) is 45.1 Å². The quantitative estimate of drug-likeness (QED) is 0.426. The second kappa shape index (κ2) is 11.2. The summed E-state index contributed by atoms with van der Waals surface area (Å²) in [5.41, 5.74) is 1.64. The van der Waals surface area contributed by atoms with Crippen LogP contribution in [0, 0.1) is 5.92 Å². The van der Waals surface area contributed by atoms with Crippen LogP contribution in [0.2, 0.25) is 0 Å². The minimum absolute atomic E-state index is 0.0992. The molecule has 6 heteroatoms. The Kier molecular flexibility index (Phi) is 9.66. The topological polar surface area (TPSA) is 73.9 Å². The molecule has 0 saturated heterocycles. The van der Waals surface area contributed by atoms with Crippen LogP contribution in [0.25, 0.3) is 0 Å². The van der Waals surface area contributed by atoms with Crippen molar-refractivity contribution in [3.05, 3.63) is 29.3 Å². The van der Waals surface area contributed by atoms with Crippen molar-refractivity contribution in [1.29, 1.82) is 0 Å². The van der Waals surface area contributed by atoms with Gasteiger partial charge in [-0.2, -0.15) is 0 Å². The zero-order chi connectivity index (χ0) is 23.1. The number of carbonyl (C=O) groups is 2. The first-order chi connectivity index (χ1) is 13.8. The Balaban J connectivity index is 2.70. The summed E-state index contributed by atoms with van der Waals surface area (Å²) in [6.45, 7) is 17.8. The lowest BCUT2D eigenvalue weighted by molar-refractivity contribution is -0.148. The van der Waals surface area contributed by atoms with Crippen molar-refractivity contribution in [2.75, 3.05) is 13.2 Å². The van der Waals surface area contributed by atoms with Crippen LogP contribution in [0.5, 0.6) is 5.75 Å². The number of esters is 1. The van der Waals surface area contributed by atoms with Crippen LogP contribution in [0.15, 0.2) is 18.2 Å². The second-order valence-corrected chi connectivity index (χ2v) is 9.46. The number of amides is 1. The summed E-state index contributed by atoms with van der Waals surface area (Å²) in [6.07, 6.45) is -0.637. The molecule has 0 saturated carbocycles. The van der Waals surface area contributed by atoms with Gasteiger partial charge in [-0.05, 0) is 49.7 Å². The molecule has 0 fully saturated rings. The van der Waals surface area contributed by atoms with Gasteiger partial charge < -0.3 is 19.5 Å². The Labute approximate surface area is 181 Å². The van der Waals surface area contributed by atoms with Gasteiger partial charge >= 0.3 is 12.1 Å². The molecule has 1 aromatic carbocycles. The number of hydrogen-bond donors (Lipinski definition) is 1. The molecule has 0 spiro atoms. The van der Waals surface area contributed by atoms with Gasteiger partial charge in [0.05, 0.1) is 0 Å². The molecular weight excluding hydrogens is 382 g/mol. The van der Waals surface area contributed by atoms with Crippen LogP contribution in [-0.2, 0) is 14.3 Å². The normalized spacial score (nSPS) is 12.8. The maximum Gasteiger partial charge on any atom is 0.408 e. The molecule has 1 amide bonds. The SMILES string of the molecule is CC(C)c1cccc(C(C)C)c1OCCOC(=O)[C@@H](NC(=O)OC(C)(C)C)C(C)C. The highest BCUT2D eigenvalue weighted by atomic mass is 16.6. The molecule has 1 rings (SSSR count). The Bertz CT molecular complexity index is 678. The van der Waals surface area contributed by atoms with Crippen LogP contribution in [0.4, 0.5) is 4.79 Å². The standard InChI is InChI=1S/C24H39NO5/c1-15(2)18-11-10-12-19(16(3)4)21(18)28-13-14-29-22(26)20(17(5)6)25-23(27)30-24(7,8)9/h10-12,15-17,20H,13-14H2,1-9H3,(H,25,27)/t20-/m0/s1. The number of alkyl carbamates (subject to hydrolysis) is 1. The number of nitrogens with one attached hydrogen (secondary N) is 1. The highest BCUT2D eigenvalue weighted by Gasteiger charge is 2.28. The van der Waals surface area contributed by atoms with E-state index in [-0.39, 0.29) is 19.1 Å². The predicted octanol–water partition coefficient (Wildman–Crippen LogP) is 5.40. The smallest absolute Gasteiger partial charge is 0.408 e. The Morgan fingerprint density at radius 3 is 1.90 bits per heavy atom. The molecule has 0 aromatic heterocycles. The van der Waals surface area contributed by atoms with Crippen LogP contribution >= 0.6 is 0 Å². The molecular formula is C24H39NO5. The van der Waals surface area contributed by atoms with Crippen molar-refractivity contribution in [3.63, 3.8) is 0 Å². The van der Waals surface area contributed by atoms with E-state index >= 15 is 0 Å². The molecule has 0 aliphatic carbocycles. The fraction of sp³-hybridized carbons (Fsp3) is 0.667. The highest BCUT2D eigenvalue weighted by Crippen LogP contribution is 2.34. The molecule has 6 nitrogen and oxygen atoms in total. The Morgan fingerprint density at radius 1 is 0.933 bits per heavy atom. The summed E-state index contributed by atoms with van der Waals surface area (Å²) in [6, 6.07) is 5.40. The van der Waals surface area contributed by atoms with E-state index in [9.17, 15) is 9.59 Å². The molecule has 1 atom stereocenters. The molecule has 1 aromatic rings. The van der Waals surface area contributed by atoms with Gasteiger partial charge in [-0.1, -0.05) is 59.7 Å². The molecule has 0 radical (unpaired) electrons. The molecule has 30 heavy (non-hydrogen) atoms. The molecule has 0 aliphatic heterocycles. The monoisotopic (exact) mass is 421 g/mol. The first kappa shape index (κ1) is 25.8. The zero-order valence-corrected chi connectivity index (χ0v) is 20.0. The van der Waals surface area contributed by atoms with Gasteiger partial charge in [0.25, 0.3) is 0 Å². The van der Waals surface area contributed by atoms with Gasteiger partial charge in [-0.15, -0.1) is 0 Å². The summed E-state index contributed by atoms with van der Waals surface area (Å²) in [5, 5.41) is 2.60. The van der Waals surface area contributed by atoms with E-state index in [0.29, 0.717) is 11.8 Å². The van der Waals surface area contributed by atoms with Crippen LogP contribution in [-0.4, -0.2) is 36.9 Å². The summed E-state index contributed by atoms with van der Waals surface area (Å²) in [4.78, 5) is 24.5. The predicted molar refractivity (Wildman–Crippen MR) is 119 cm³/mol. The van der Waals surface area contributed by atoms with Gasteiger partial charge in [0.15, 0.2) is 0 Å². The van der Waals surface area contributed by atoms with Gasteiger partial charge in [-0.3, -0.25) is 0 Å². The molecule has 0 unspecified atom stereocenters. The minimum atomic E-state index is -0.783. The third-order valence-electron chi connectivity index (χ3n) is 4.49. The number of para-hydroxylation sites is 1. The first-order valence-electron chi connectivity index (χ1n) is 10.7. The maximum atomic E-state index is 12.5. The van der Waals surface area contributed by atoms with Crippen molar-refractivity contribution >= 4 is 12.1 Å². The number of carbonyl (C=O) groups excluding carboxylic acids is 2. The lowest BCUT2D eigenvalue weighted by atomic mass is 9.94. The van der Waals surface area contributed by atoms with E-state index in [1.54, 1.807) is 20.8 Å². The van der Waals surface area contributed by atoms with E-state index in [4.69, 9.17) is 14.2 Å². The van der Waals surface area contributed by atoms with Crippen molar-refractivity contribution in [2.45, 2.75) is 85.8 Å². The van der Waals surface area contributed by atoms with Gasteiger partial charge in [0.1, 0.15) is 30.6 Å². The fourth-order valence-corrected chi connectivity index (χ4v) is 2.96. The zero-order valence-electron chi connectivity index (χ0n) is 20.0. The van der Waals surface area contributed by atoms with E-state index in [1.807, 2.05) is 19.9 Å². The molecule has 0 heterocycles. The third-order valence-corrected chi connectivity index (χ3v) is 4.49. The lowest BCUT2D eigenvalue weighted by Crippen LogP contribution is -2.47. The molecule has 1 N–H and O–H groups in total. The van der Waals surface area contributed by atoms with Gasteiger partial charge in [0.2, 0.25) is 0 Å². The molecule has 0 aliphatic rings. The Morgan fingerprint density at radius 2 is 1.47 bits per heavy atom. The van der Waals surface area contributed by atoms with Crippen molar-refractivity contribution in [3.8, 4) is 5.75 Å². The average Bonchev–Trinajstić information content (AvgIpc) is 2.60. The van der Waals surface area contributed by atoms with Crippen LogP contribution in [0.3, 0.4) is 0 Å². The number of ether oxygens (including phenoxy) is 3. The summed E-state index contributed by atoms with van der Waals surface area (Å²) in [7, 11) is 0. The van der Waals surface area contributed by atoms with Crippen LogP contribution < -0.4 is 10.1 Å². The van der Waals surface area contributed by atoms with Gasteiger partial charge in [0, 0.05) is 0 Å². The average molecular weight is 422 g/mol. The van der Waals surface area contributed by atoms with Crippen molar-refractivity contribution < 1.29 is 23.8 Å². The fourth-order valence-electron chi connectivity index (χ4n) is 2.96. The lowest BCUT2D eigenvalue weighted by Gasteiger charge is -2.24. The van der Waals surface area contributed by atoms with Crippen LogP contribution in [0.1, 0.15) is 85.3 Å².